The number of methoxy groups -OCH3 is 2. The van der Waals surface area contributed by atoms with Gasteiger partial charge < -0.3 is 9.47 Å². The summed E-state index contributed by atoms with van der Waals surface area (Å²) in [6.45, 7) is 0. The molecule has 0 aliphatic heterocycles. The third-order valence-electron chi connectivity index (χ3n) is 4.31. The molecule has 4 aromatic carbocycles. The Kier molecular flexibility index (Phi) is 3.28. The maximum absolute atomic E-state index is 6.23. The summed E-state index contributed by atoms with van der Waals surface area (Å²) in [5, 5.41) is 7.68. The maximum Gasteiger partial charge on any atom is 0.119 e. The van der Waals surface area contributed by atoms with Gasteiger partial charge in [-0.1, -0.05) is 29.8 Å². The standard InChI is InChI=1S/C20H15ClO2/c1-22-13-4-7-16-15-6-3-12(21)9-18(15)17-8-5-14(23-2)11-20(17)19(16)10-13/h3-11H,1-2H3. The van der Waals surface area contributed by atoms with Crippen LogP contribution in [0.25, 0.3) is 32.3 Å². The molecule has 4 rings (SSSR count). The molecule has 2 nitrogen and oxygen atoms in total. The number of ether oxygens (including phenoxy) is 2. The van der Waals surface area contributed by atoms with E-state index in [0.29, 0.717) is 0 Å². The summed E-state index contributed by atoms with van der Waals surface area (Å²) in [6, 6.07) is 18.3. The van der Waals surface area contributed by atoms with Gasteiger partial charge in [-0.25, -0.2) is 0 Å². The van der Waals surface area contributed by atoms with Gasteiger partial charge in [0.05, 0.1) is 14.2 Å². The molecule has 0 amide bonds. The first-order valence-electron chi connectivity index (χ1n) is 7.38. The molecule has 114 valence electrons. The van der Waals surface area contributed by atoms with Gasteiger partial charge in [0.1, 0.15) is 11.5 Å². The minimum atomic E-state index is 0.738. The quantitative estimate of drug-likeness (QED) is 0.433. The van der Waals surface area contributed by atoms with E-state index in [1.165, 1.54) is 10.8 Å². The predicted molar refractivity (Wildman–Crippen MR) is 97.1 cm³/mol. The first kappa shape index (κ1) is 14.2. The van der Waals surface area contributed by atoms with Crippen LogP contribution in [0.4, 0.5) is 0 Å². The Morgan fingerprint density at radius 1 is 0.565 bits per heavy atom. The van der Waals surface area contributed by atoms with Crippen LogP contribution in [-0.4, -0.2) is 14.2 Å². The first-order chi connectivity index (χ1) is 11.2. The van der Waals surface area contributed by atoms with E-state index in [9.17, 15) is 0 Å². The van der Waals surface area contributed by atoms with Crippen molar-refractivity contribution in [2.75, 3.05) is 14.2 Å². The number of fused-ring (bicyclic) bond motifs is 6. The Bertz CT molecular complexity index is 1050. The fourth-order valence-electron chi connectivity index (χ4n) is 3.19. The average molecular weight is 323 g/mol. The zero-order valence-electron chi connectivity index (χ0n) is 12.9. The summed E-state index contributed by atoms with van der Waals surface area (Å²) in [4.78, 5) is 0. The highest BCUT2D eigenvalue weighted by Crippen LogP contribution is 2.38. The van der Waals surface area contributed by atoms with Gasteiger partial charge in [0.2, 0.25) is 0 Å². The molecule has 0 unspecified atom stereocenters. The predicted octanol–water partition coefficient (Wildman–Crippen LogP) is 5.82. The van der Waals surface area contributed by atoms with E-state index < -0.39 is 0 Å². The van der Waals surface area contributed by atoms with Crippen molar-refractivity contribution in [3.8, 4) is 11.5 Å². The van der Waals surface area contributed by atoms with E-state index >= 15 is 0 Å². The van der Waals surface area contributed by atoms with Crippen molar-refractivity contribution in [1.82, 2.24) is 0 Å². The first-order valence-corrected chi connectivity index (χ1v) is 7.76. The highest BCUT2D eigenvalue weighted by atomic mass is 35.5. The molecule has 0 aliphatic carbocycles. The zero-order valence-corrected chi connectivity index (χ0v) is 13.6. The Labute approximate surface area is 139 Å². The second kappa shape index (κ2) is 5.32. The maximum atomic E-state index is 6.23. The highest BCUT2D eigenvalue weighted by molar-refractivity contribution is 6.33. The molecule has 0 aliphatic rings. The fraction of sp³-hybridized carbons (Fsp3) is 0.100. The Morgan fingerprint density at radius 2 is 1.00 bits per heavy atom. The summed E-state index contributed by atoms with van der Waals surface area (Å²) in [5.74, 6) is 1.68. The van der Waals surface area contributed by atoms with Gasteiger partial charge in [0, 0.05) is 5.02 Å². The summed E-state index contributed by atoms with van der Waals surface area (Å²) in [7, 11) is 3.37. The fourth-order valence-corrected chi connectivity index (χ4v) is 3.36. The number of hydrogen-bond acceptors (Lipinski definition) is 2. The number of rotatable bonds is 2. The molecule has 4 aromatic rings. The molecule has 3 heteroatoms. The van der Waals surface area contributed by atoms with Crippen molar-refractivity contribution in [1.29, 1.82) is 0 Å². The topological polar surface area (TPSA) is 18.5 Å². The highest BCUT2D eigenvalue weighted by Gasteiger charge is 2.11. The smallest absolute Gasteiger partial charge is 0.119 e. The summed E-state index contributed by atoms with van der Waals surface area (Å²) in [5.41, 5.74) is 0. The van der Waals surface area contributed by atoms with Crippen LogP contribution < -0.4 is 9.47 Å². The zero-order chi connectivity index (χ0) is 16.0. The molecule has 0 radical (unpaired) electrons. The van der Waals surface area contributed by atoms with Crippen LogP contribution in [0.5, 0.6) is 11.5 Å². The van der Waals surface area contributed by atoms with Crippen molar-refractivity contribution in [3.05, 3.63) is 59.6 Å². The van der Waals surface area contributed by atoms with Crippen molar-refractivity contribution in [2.24, 2.45) is 0 Å². The van der Waals surface area contributed by atoms with E-state index in [1.54, 1.807) is 14.2 Å². The molecule has 0 bridgehead atoms. The van der Waals surface area contributed by atoms with Crippen LogP contribution in [0.15, 0.2) is 54.6 Å². The van der Waals surface area contributed by atoms with Gasteiger partial charge in [-0.05, 0) is 68.7 Å². The Balaban J connectivity index is 2.29. The van der Waals surface area contributed by atoms with Crippen LogP contribution in [0.2, 0.25) is 5.02 Å². The van der Waals surface area contributed by atoms with Gasteiger partial charge in [0.25, 0.3) is 0 Å². The second-order valence-corrected chi connectivity index (χ2v) is 5.95. The van der Waals surface area contributed by atoms with Crippen LogP contribution in [0.1, 0.15) is 0 Å². The SMILES string of the molecule is COc1ccc2c3ccc(Cl)cc3c3ccc(OC)cc3c2c1. The Morgan fingerprint density at radius 3 is 1.52 bits per heavy atom. The van der Waals surface area contributed by atoms with Crippen molar-refractivity contribution in [3.63, 3.8) is 0 Å². The molecular formula is C20H15ClO2. The summed E-state index contributed by atoms with van der Waals surface area (Å²) < 4.78 is 10.8. The molecule has 0 atom stereocenters. The largest absolute Gasteiger partial charge is 0.497 e. The van der Waals surface area contributed by atoms with Crippen LogP contribution in [-0.2, 0) is 0 Å². The van der Waals surface area contributed by atoms with Gasteiger partial charge in [-0.3, -0.25) is 0 Å². The second-order valence-electron chi connectivity index (χ2n) is 5.51. The third-order valence-corrected chi connectivity index (χ3v) is 4.54. The van der Waals surface area contributed by atoms with Crippen molar-refractivity contribution >= 4 is 43.9 Å². The molecule has 0 spiro atoms. The lowest BCUT2D eigenvalue weighted by molar-refractivity contribution is 0.415. The van der Waals surface area contributed by atoms with Gasteiger partial charge in [0.15, 0.2) is 0 Å². The van der Waals surface area contributed by atoms with Crippen LogP contribution in [0, 0.1) is 0 Å². The summed E-state index contributed by atoms with van der Waals surface area (Å²) >= 11 is 6.23. The lowest BCUT2D eigenvalue weighted by Crippen LogP contribution is -1.88. The molecule has 23 heavy (non-hydrogen) atoms. The molecule has 0 saturated carbocycles. The number of hydrogen-bond donors (Lipinski definition) is 0. The van der Waals surface area contributed by atoms with Gasteiger partial charge in [-0.15, -0.1) is 0 Å². The molecule has 0 fully saturated rings. The average Bonchev–Trinajstić information content (AvgIpc) is 2.60. The number of halogens is 1. The van der Waals surface area contributed by atoms with Crippen molar-refractivity contribution in [2.45, 2.75) is 0 Å². The number of benzene rings is 4. The van der Waals surface area contributed by atoms with E-state index in [2.05, 4.69) is 30.3 Å². The molecule has 0 N–H and O–H groups in total. The van der Waals surface area contributed by atoms with E-state index in [1.807, 2.05) is 24.3 Å². The normalized spacial score (nSPS) is 11.3. The third kappa shape index (κ3) is 2.18. The summed E-state index contributed by atoms with van der Waals surface area (Å²) in [6.07, 6.45) is 0. The lowest BCUT2D eigenvalue weighted by Gasteiger charge is -2.13. The lowest BCUT2D eigenvalue weighted by atomic mass is 9.94. The molecular weight excluding hydrogens is 308 g/mol. The van der Waals surface area contributed by atoms with E-state index in [4.69, 9.17) is 21.1 Å². The monoisotopic (exact) mass is 322 g/mol. The molecule has 0 saturated heterocycles. The van der Waals surface area contributed by atoms with Crippen LogP contribution in [0.3, 0.4) is 0 Å². The Hall–Kier alpha value is -2.45. The van der Waals surface area contributed by atoms with Crippen LogP contribution >= 0.6 is 11.6 Å². The minimum Gasteiger partial charge on any atom is -0.497 e. The minimum absolute atomic E-state index is 0.738. The van der Waals surface area contributed by atoms with Gasteiger partial charge >= 0.3 is 0 Å². The molecule has 0 aromatic heterocycles. The van der Waals surface area contributed by atoms with E-state index in [-0.39, 0.29) is 0 Å². The van der Waals surface area contributed by atoms with Crippen molar-refractivity contribution < 1.29 is 9.47 Å². The van der Waals surface area contributed by atoms with Gasteiger partial charge in [-0.2, -0.15) is 0 Å². The molecule has 0 heterocycles. The van der Waals surface area contributed by atoms with E-state index in [0.717, 1.165) is 38.1 Å².